The fourth-order valence-electron chi connectivity index (χ4n) is 1.67. The maximum Gasteiger partial charge on any atom is 0.233 e. The van der Waals surface area contributed by atoms with Gasteiger partial charge in [0.2, 0.25) is 5.91 Å². The number of nitrogens with one attached hydrogen (secondary N) is 2. The van der Waals surface area contributed by atoms with Gasteiger partial charge < -0.3 is 20.5 Å². The topological polar surface area (TPSA) is 70.6 Å². The van der Waals surface area contributed by atoms with E-state index in [9.17, 15) is 9.90 Å². The fraction of sp³-hybridized carbons (Fsp3) is 0.533. The number of carbonyl (C=O) groups excluding carboxylic acids is 1. The van der Waals surface area contributed by atoms with Crippen molar-refractivity contribution in [3.63, 3.8) is 0 Å². The number of hydrogen-bond donors (Lipinski definition) is 3. The average Bonchev–Trinajstić information content (AvgIpc) is 2.41. The van der Waals surface area contributed by atoms with Crippen molar-refractivity contribution in [2.75, 3.05) is 19.7 Å². The molecule has 20 heavy (non-hydrogen) atoms. The molecule has 5 nitrogen and oxygen atoms in total. The molecule has 0 aliphatic rings. The Morgan fingerprint density at radius 2 is 2.15 bits per heavy atom. The zero-order chi connectivity index (χ0) is 15.0. The summed E-state index contributed by atoms with van der Waals surface area (Å²) in [6.45, 7) is 7.78. The van der Waals surface area contributed by atoms with Crippen LogP contribution in [0, 0.1) is 5.92 Å². The monoisotopic (exact) mass is 280 g/mol. The van der Waals surface area contributed by atoms with Gasteiger partial charge >= 0.3 is 0 Å². The molecule has 112 valence electrons. The van der Waals surface area contributed by atoms with Gasteiger partial charge in [-0.05, 0) is 18.9 Å². The molecule has 1 aromatic rings. The number of carbonyl (C=O) groups is 1. The lowest BCUT2D eigenvalue weighted by atomic mass is 10.2. The van der Waals surface area contributed by atoms with Crippen molar-refractivity contribution in [3.05, 3.63) is 23.8 Å². The lowest BCUT2D eigenvalue weighted by Gasteiger charge is -2.11. The molecule has 0 unspecified atom stereocenters. The maximum absolute atomic E-state index is 11.5. The van der Waals surface area contributed by atoms with Gasteiger partial charge in [0.25, 0.3) is 0 Å². The molecule has 0 saturated heterocycles. The Morgan fingerprint density at radius 3 is 2.80 bits per heavy atom. The zero-order valence-electron chi connectivity index (χ0n) is 12.4. The number of amides is 1. The van der Waals surface area contributed by atoms with Gasteiger partial charge in [-0.1, -0.05) is 26.0 Å². The minimum atomic E-state index is -0.0425. The van der Waals surface area contributed by atoms with E-state index in [4.69, 9.17) is 4.74 Å². The van der Waals surface area contributed by atoms with E-state index in [1.165, 1.54) is 0 Å². The molecular formula is C15H24N2O3. The van der Waals surface area contributed by atoms with Crippen LogP contribution in [0.15, 0.2) is 18.2 Å². The number of hydrogen-bond acceptors (Lipinski definition) is 4. The molecule has 0 bridgehead atoms. The molecule has 0 radical (unpaired) electrons. The molecule has 0 saturated carbocycles. The molecule has 0 aliphatic carbocycles. The minimum Gasteiger partial charge on any atom is -0.504 e. The summed E-state index contributed by atoms with van der Waals surface area (Å²) in [7, 11) is 0. The predicted octanol–water partition coefficient (Wildman–Crippen LogP) is 1.65. The Hall–Kier alpha value is -1.75. The Morgan fingerprint density at radius 1 is 1.40 bits per heavy atom. The van der Waals surface area contributed by atoms with Crippen LogP contribution < -0.4 is 15.4 Å². The summed E-state index contributed by atoms with van der Waals surface area (Å²) in [6, 6.07) is 5.34. The van der Waals surface area contributed by atoms with Crippen LogP contribution >= 0.6 is 0 Å². The quantitative estimate of drug-likeness (QED) is 0.677. The van der Waals surface area contributed by atoms with Gasteiger partial charge in [0, 0.05) is 18.7 Å². The summed E-state index contributed by atoms with van der Waals surface area (Å²) in [4.78, 5) is 11.5. The van der Waals surface area contributed by atoms with Gasteiger partial charge in [-0.2, -0.15) is 0 Å². The van der Waals surface area contributed by atoms with E-state index in [2.05, 4.69) is 10.6 Å². The fourth-order valence-corrected chi connectivity index (χ4v) is 1.67. The SMILES string of the molecule is CCOc1cccc(CNCC(=O)NCC(C)C)c1O. The molecule has 3 N–H and O–H groups in total. The van der Waals surface area contributed by atoms with Crippen LogP contribution in [-0.2, 0) is 11.3 Å². The summed E-state index contributed by atoms with van der Waals surface area (Å²) in [5, 5.41) is 15.8. The summed E-state index contributed by atoms with van der Waals surface area (Å²) in [6.07, 6.45) is 0. The Balaban J connectivity index is 2.42. The molecule has 0 fully saturated rings. The van der Waals surface area contributed by atoms with Crippen LogP contribution in [-0.4, -0.2) is 30.7 Å². The van der Waals surface area contributed by atoms with Crippen molar-refractivity contribution in [1.29, 1.82) is 0 Å². The third-order valence-corrected chi connectivity index (χ3v) is 2.69. The van der Waals surface area contributed by atoms with E-state index < -0.39 is 0 Å². The van der Waals surface area contributed by atoms with Crippen LogP contribution in [0.1, 0.15) is 26.3 Å². The van der Waals surface area contributed by atoms with Crippen molar-refractivity contribution in [2.45, 2.75) is 27.3 Å². The second-order valence-electron chi connectivity index (χ2n) is 5.00. The smallest absolute Gasteiger partial charge is 0.233 e. The largest absolute Gasteiger partial charge is 0.504 e. The lowest BCUT2D eigenvalue weighted by Crippen LogP contribution is -2.35. The molecule has 0 heterocycles. The lowest BCUT2D eigenvalue weighted by molar-refractivity contribution is -0.120. The molecule has 0 atom stereocenters. The van der Waals surface area contributed by atoms with Gasteiger partial charge in [-0.25, -0.2) is 0 Å². The van der Waals surface area contributed by atoms with Crippen LogP contribution in [0.3, 0.4) is 0 Å². The number of aromatic hydroxyl groups is 1. The minimum absolute atomic E-state index is 0.0425. The maximum atomic E-state index is 11.5. The third-order valence-electron chi connectivity index (χ3n) is 2.69. The van der Waals surface area contributed by atoms with Crippen LogP contribution in [0.2, 0.25) is 0 Å². The van der Waals surface area contributed by atoms with Gasteiger partial charge in [0.1, 0.15) is 0 Å². The molecule has 0 spiro atoms. The van der Waals surface area contributed by atoms with Gasteiger partial charge in [-0.15, -0.1) is 0 Å². The predicted molar refractivity (Wildman–Crippen MR) is 78.8 cm³/mol. The standard InChI is InChI=1S/C15H24N2O3/c1-4-20-13-7-5-6-12(15(13)19)9-16-10-14(18)17-8-11(2)3/h5-7,11,16,19H,4,8-10H2,1-3H3,(H,17,18). The van der Waals surface area contributed by atoms with E-state index in [0.29, 0.717) is 36.9 Å². The summed E-state index contributed by atoms with van der Waals surface area (Å²) in [5.41, 5.74) is 0.715. The average molecular weight is 280 g/mol. The highest BCUT2D eigenvalue weighted by molar-refractivity contribution is 5.77. The summed E-state index contributed by atoms with van der Waals surface area (Å²) < 4.78 is 5.31. The molecule has 0 aliphatic heterocycles. The molecule has 1 amide bonds. The normalized spacial score (nSPS) is 10.6. The number of ether oxygens (including phenoxy) is 1. The number of para-hydroxylation sites is 1. The van der Waals surface area contributed by atoms with E-state index in [1.54, 1.807) is 12.1 Å². The number of phenolic OH excluding ortho intramolecular Hbond substituents is 1. The van der Waals surface area contributed by atoms with Crippen LogP contribution in [0.5, 0.6) is 11.5 Å². The molecule has 1 rings (SSSR count). The Bertz CT molecular complexity index is 433. The second-order valence-corrected chi connectivity index (χ2v) is 5.00. The van der Waals surface area contributed by atoms with Gasteiger partial charge in [0.15, 0.2) is 11.5 Å². The highest BCUT2D eigenvalue weighted by Gasteiger charge is 2.08. The van der Waals surface area contributed by atoms with E-state index in [-0.39, 0.29) is 18.2 Å². The van der Waals surface area contributed by atoms with E-state index >= 15 is 0 Å². The third kappa shape index (κ3) is 5.48. The number of phenols is 1. The Labute approximate surface area is 120 Å². The van der Waals surface area contributed by atoms with E-state index in [0.717, 1.165) is 0 Å². The summed E-state index contributed by atoms with van der Waals surface area (Å²) in [5.74, 6) is 0.991. The Kier molecular flexibility index (Phi) is 6.87. The first-order valence-corrected chi connectivity index (χ1v) is 6.95. The number of benzene rings is 1. The number of rotatable bonds is 8. The summed E-state index contributed by atoms with van der Waals surface area (Å²) >= 11 is 0. The van der Waals surface area contributed by atoms with Crippen molar-refractivity contribution >= 4 is 5.91 Å². The van der Waals surface area contributed by atoms with Gasteiger partial charge in [0.05, 0.1) is 13.2 Å². The molecule has 5 heteroatoms. The first kappa shape index (κ1) is 16.3. The zero-order valence-corrected chi connectivity index (χ0v) is 12.4. The highest BCUT2D eigenvalue weighted by Crippen LogP contribution is 2.29. The van der Waals surface area contributed by atoms with Crippen molar-refractivity contribution in [1.82, 2.24) is 10.6 Å². The van der Waals surface area contributed by atoms with Gasteiger partial charge in [-0.3, -0.25) is 4.79 Å². The molecular weight excluding hydrogens is 256 g/mol. The van der Waals surface area contributed by atoms with Crippen LogP contribution in [0.25, 0.3) is 0 Å². The van der Waals surface area contributed by atoms with E-state index in [1.807, 2.05) is 26.8 Å². The highest BCUT2D eigenvalue weighted by atomic mass is 16.5. The van der Waals surface area contributed by atoms with Crippen molar-refractivity contribution in [2.24, 2.45) is 5.92 Å². The van der Waals surface area contributed by atoms with Crippen molar-refractivity contribution < 1.29 is 14.6 Å². The first-order chi connectivity index (χ1) is 9.54. The molecule has 1 aromatic carbocycles. The second kappa shape index (κ2) is 8.43. The molecule has 0 aromatic heterocycles. The van der Waals surface area contributed by atoms with Crippen molar-refractivity contribution in [3.8, 4) is 11.5 Å². The van der Waals surface area contributed by atoms with Crippen LogP contribution in [0.4, 0.5) is 0 Å². The first-order valence-electron chi connectivity index (χ1n) is 6.95.